The van der Waals surface area contributed by atoms with Crippen LogP contribution in [0.2, 0.25) is 0 Å². The third-order valence-electron chi connectivity index (χ3n) is 6.16. The van der Waals surface area contributed by atoms with Crippen LogP contribution in [0.25, 0.3) is 11.2 Å². The highest BCUT2D eigenvalue weighted by Gasteiger charge is 2.59. The Morgan fingerprint density at radius 3 is 2.63 bits per heavy atom. The summed E-state index contributed by atoms with van der Waals surface area (Å²) in [6, 6.07) is 6.88. The van der Waals surface area contributed by atoms with Gasteiger partial charge >= 0.3 is 13.7 Å². The Morgan fingerprint density at radius 2 is 2.00 bits per heavy atom. The molecule has 0 aliphatic carbocycles. The molecule has 1 aliphatic rings. The fraction of sp³-hybridized carbons (Fsp3) is 0.500. The summed E-state index contributed by atoms with van der Waals surface area (Å²) in [5, 5.41) is 26.2. The molecule has 0 spiro atoms. The number of aliphatic hydroxyl groups is 2. The predicted molar refractivity (Wildman–Crippen MR) is 145 cm³/mol. The summed E-state index contributed by atoms with van der Waals surface area (Å²) >= 11 is 0. The number of imidazole rings is 1. The van der Waals surface area contributed by atoms with E-state index >= 15 is 4.39 Å². The molecule has 224 valence electrons. The summed E-state index contributed by atoms with van der Waals surface area (Å²) in [5.41, 5.74) is 3.35. The van der Waals surface area contributed by atoms with Gasteiger partial charge in [-0.3, -0.25) is 13.9 Å². The first-order valence-electron chi connectivity index (χ1n) is 12.7. The molecule has 1 aliphatic heterocycles. The Balaban J connectivity index is 1.59. The highest BCUT2D eigenvalue weighted by molar-refractivity contribution is 7.52. The number of halogens is 1. The Morgan fingerprint density at radius 1 is 1.29 bits per heavy atom. The topological polar surface area (TPSA) is 205 Å². The number of nitrogen functional groups attached to an aromatic ring is 1. The summed E-state index contributed by atoms with van der Waals surface area (Å²) in [5.74, 6) is -0.426. The number of nitrogens with two attached hydrogens (primary N) is 1. The first-order chi connectivity index (χ1) is 19.4. The molecule has 0 amide bonds. The number of nitrogens with zero attached hydrogens (tertiary/aromatic N) is 4. The highest BCUT2D eigenvalue weighted by atomic mass is 31.2. The van der Waals surface area contributed by atoms with Crippen LogP contribution in [0.5, 0.6) is 5.75 Å². The average Bonchev–Trinajstić information content (AvgIpc) is 3.45. The Kier molecular flexibility index (Phi) is 9.11. The number of aromatic nitrogens is 4. The molecule has 0 unspecified atom stereocenters. The van der Waals surface area contributed by atoms with Crippen molar-refractivity contribution >= 4 is 36.6 Å². The maximum absolute atomic E-state index is 16.1. The first kappa shape index (κ1) is 30.6. The predicted octanol–water partition coefficient (Wildman–Crippen LogP) is 1.54. The van der Waals surface area contributed by atoms with E-state index in [0.717, 1.165) is 4.57 Å². The molecule has 6 atom stereocenters. The van der Waals surface area contributed by atoms with E-state index in [1.54, 1.807) is 39.1 Å². The number of anilines is 2. The molecule has 4 rings (SSSR count). The van der Waals surface area contributed by atoms with Gasteiger partial charge in [-0.25, -0.2) is 13.9 Å². The largest absolute Gasteiger partial charge is 0.462 e. The van der Waals surface area contributed by atoms with Gasteiger partial charge in [0, 0.05) is 7.05 Å². The molecular formula is C24H33FN7O8P. The van der Waals surface area contributed by atoms with Crippen LogP contribution in [-0.2, 0) is 23.4 Å². The smallest absolute Gasteiger partial charge is 0.459 e. The minimum atomic E-state index is -4.35. The second kappa shape index (κ2) is 12.2. The average molecular weight is 598 g/mol. The zero-order valence-corrected chi connectivity index (χ0v) is 23.7. The summed E-state index contributed by atoms with van der Waals surface area (Å²) in [6.07, 6.45) is -4.27. The standard InChI is InChI=1S/C24H33FN7O8P/c1-13(2)38-21(35)14(3)31-41(36,40-15-8-6-5-7-9-15)37-10-16-18(34)24(25,11-33)22(39-16)32-12-28-17-19(27-4)29-23(26)30-20(17)32/h5-9,12-14,16,18,22,33-34H,10-11H2,1-4H3,(H,31,36)(H3,26,27,29,30)/t14-,16-,18-,22-,24-,41-/m1/s1. The minimum Gasteiger partial charge on any atom is -0.462 e. The van der Waals surface area contributed by atoms with E-state index in [9.17, 15) is 19.6 Å². The van der Waals surface area contributed by atoms with Crippen LogP contribution < -0.4 is 20.7 Å². The molecule has 0 radical (unpaired) electrons. The Hall–Kier alpha value is -3.40. The number of benzene rings is 1. The summed E-state index contributed by atoms with van der Waals surface area (Å²) in [4.78, 5) is 24.7. The third-order valence-corrected chi connectivity index (χ3v) is 7.81. The number of carbonyl (C=O) groups excluding carboxylic acids is 1. The van der Waals surface area contributed by atoms with Crippen LogP contribution in [0, 0.1) is 0 Å². The lowest BCUT2D eigenvalue weighted by Crippen LogP contribution is -2.46. The van der Waals surface area contributed by atoms with Crippen LogP contribution in [0.15, 0.2) is 36.7 Å². The molecule has 0 saturated carbocycles. The van der Waals surface area contributed by atoms with E-state index in [4.69, 9.17) is 24.3 Å². The van der Waals surface area contributed by atoms with Gasteiger partial charge in [-0.1, -0.05) is 18.2 Å². The van der Waals surface area contributed by atoms with Crippen molar-refractivity contribution in [3.8, 4) is 5.75 Å². The SMILES string of the molecule is CNc1nc(N)nc2c1ncn2[C@@H]1O[C@H](CO[P@](=O)(N[C@H](C)C(=O)OC(C)C)Oc2ccccc2)[C@@H](O)[C@]1(F)CO. The van der Waals surface area contributed by atoms with Crippen LogP contribution >= 0.6 is 7.75 Å². The molecule has 15 nitrogen and oxygen atoms in total. The maximum atomic E-state index is 16.1. The normalized spacial score (nSPS) is 24.7. The lowest BCUT2D eigenvalue weighted by atomic mass is 9.97. The van der Waals surface area contributed by atoms with Gasteiger partial charge in [-0.15, -0.1) is 0 Å². The second-order valence-corrected chi connectivity index (χ2v) is 11.3. The van der Waals surface area contributed by atoms with Gasteiger partial charge in [0.15, 0.2) is 23.2 Å². The first-order valence-corrected chi connectivity index (χ1v) is 14.2. The molecule has 6 N–H and O–H groups in total. The van der Waals surface area contributed by atoms with Crippen molar-refractivity contribution < 1.29 is 42.5 Å². The van der Waals surface area contributed by atoms with E-state index < -0.39 is 63.2 Å². The molecule has 3 aromatic rings. The van der Waals surface area contributed by atoms with Gasteiger partial charge < -0.3 is 35.3 Å². The number of fused-ring (bicyclic) bond motifs is 1. The number of hydrogen-bond acceptors (Lipinski definition) is 13. The van der Waals surface area contributed by atoms with E-state index in [0.29, 0.717) is 0 Å². The number of ether oxygens (including phenoxy) is 2. The quantitative estimate of drug-likeness (QED) is 0.148. The summed E-state index contributed by atoms with van der Waals surface area (Å²) < 4.78 is 53.2. The number of aliphatic hydroxyl groups excluding tert-OH is 2. The van der Waals surface area contributed by atoms with Gasteiger partial charge in [-0.2, -0.15) is 15.1 Å². The zero-order valence-electron chi connectivity index (χ0n) is 22.8. The van der Waals surface area contributed by atoms with Gasteiger partial charge in [-0.05, 0) is 32.9 Å². The molecule has 17 heteroatoms. The van der Waals surface area contributed by atoms with Crippen molar-refractivity contribution in [3.05, 3.63) is 36.7 Å². The van der Waals surface area contributed by atoms with Crippen LogP contribution in [-0.4, -0.2) is 86.0 Å². The van der Waals surface area contributed by atoms with Crippen molar-refractivity contribution in [2.24, 2.45) is 0 Å². The fourth-order valence-corrected chi connectivity index (χ4v) is 5.69. The van der Waals surface area contributed by atoms with E-state index in [1.165, 1.54) is 25.4 Å². The van der Waals surface area contributed by atoms with E-state index in [2.05, 4.69) is 25.4 Å². The third kappa shape index (κ3) is 6.42. The number of rotatable bonds is 12. The van der Waals surface area contributed by atoms with E-state index in [1.807, 2.05) is 0 Å². The van der Waals surface area contributed by atoms with Gasteiger partial charge in [0.05, 0.1) is 25.6 Å². The Labute approximate surface area is 234 Å². The Bertz CT molecular complexity index is 1410. The van der Waals surface area contributed by atoms with Crippen molar-refractivity contribution in [1.29, 1.82) is 0 Å². The maximum Gasteiger partial charge on any atom is 0.459 e. The van der Waals surface area contributed by atoms with Crippen LogP contribution in [0.1, 0.15) is 27.0 Å². The lowest BCUT2D eigenvalue weighted by Gasteiger charge is -2.27. The molecule has 2 aromatic heterocycles. The summed E-state index contributed by atoms with van der Waals surface area (Å²) in [7, 11) is -2.76. The van der Waals surface area contributed by atoms with Gasteiger partial charge in [0.2, 0.25) is 11.6 Å². The number of esters is 1. The van der Waals surface area contributed by atoms with Crippen molar-refractivity contribution in [3.63, 3.8) is 0 Å². The van der Waals surface area contributed by atoms with Gasteiger partial charge in [0.1, 0.15) is 24.0 Å². The van der Waals surface area contributed by atoms with Crippen molar-refractivity contribution in [2.45, 2.75) is 57.0 Å². The van der Waals surface area contributed by atoms with Crippen molar-refractivity contribution in [1.82, 2.24) is 24.6 Å². The number of hydrogen-bond donors (Lipinski definition) is 5. The molecule has 0 bridgehead atoms. The number of para-hydroxylation sites is 1. The molecular weight excluding hydrogens is 564 g/mol. The molecule has 1 fully saturated rings. The second-order valence-electron chi connectivity index (χ2n) is 9.60. The number of alkyl halides is 1. The van der Waals surface area contributed by atoms with Gasteiger partial charge in [0.25, 0.3) is 0 Å². The van der Waals surface area contributed by atoms with E-state index in [-0.39, 0.29) is 28.7 Å². The molecule has 1 saturated heterocycles. The highest BCUT2D eigenvalue weighted by Crippen LogP contribution is 2.48. The minimum absolute atomic E-state index is 0.0772. The number of nitrogens with one attached hydrogen (secondary N) is 2. The molecule has 3 heterocycles. The number of carbonyl (C=O) groups is 1. The fourth-order valence-electron chi connectivity index (χ4n) is 4.19. The van der Waals surface area contributed by atoms with Crippen molar-refractivity contribution in [2.75, 3.05) is 31.3 Å². The summed E-state index contributed by atoms with van der Waals surface area (Å²) in [6.45, 7) is 2.90. The lowest BCUT2D eigenvalue weighted by molar-refractivity contribution is -0.149. The molecule has 1 aromatic carbocycles. The van der Waals surface area contributed by atoms with Crippen LogP contribution in [0.4, 0.5) is 16.2 Å². The van der Waals surface area contributed by atoms with Crippen LogP contribution in [0.3, 0.4) is 0 Å². The monoisotopic (exact) mass is 597 g/mol. The molecule has 41 heavy (non-hydrogen) atoms. The zero-order chi connectivity index (χ0) is 29.9.